The highest BCUT2D eigenvalue weighted by atomic mass is 35.5. The SMILES string of the molecule is Cc1ccc(S(=O)(=O)N2C[C@H](C(=O)NCc3cccc(C(F)(F)F)c3)Oc3ccc(Cl)cc32)cc1. The van der Waals surface area contributed by atoms with Crippen molar-refractivity contribution in [3.05, 3.63) is 88.4 Å². The van der Waals surface area contributed by atoms with Gasteiger partial charge in [0.1, 0.15) is 5.75 Å². The van der Waals surface area contributed by atoms with E-state index in [-0.39, 0.29) is 40.0 Å². The average Bonchev–Trinajstić information content (AvgIpc) is 2.81. The number of halogens is 4. The summed E-state index contributed by atoms with van der Waals surface area (Å²) in [5.74, 6) is -0.539. The van der Waals surface area contributed by atoms with Gasteiger partial charge in [-0.05, 0) is 55.0 Å². The van der Waals surface area contributed by atoms with E-state index in [4.69, 9.17) is 16.3 Å². The lowest BCUT2D eigenvalue weighted by molar-refractivity contribution is -0.137. The summed E-state index contributed by atoms with van der Waals surface area (Å²) in [6.07, 6.45) is -5.75. The number of benzene rings is 3. The van der Waals surface area contributed by atoms with E-state index in [0.717, 1.165) is 22.0 Å². The quantitative estimate of drug-likeness (QED) is 0.513. The van der Waals surface area contributed by atoms with Gasteiger partial charge < -0.3 is 10.1 Å². The van der Waals surface area contributed by atoms with Crippen LogP contribution in [0.25, 0.3) is 0 Å². The van der Waals surface area contributed by atoms with Gasteiger partial charge in [-0.2, -0.15) is 13.2 Å². The van der Waals surface area contributed by atoms with Crippen LogP contribution in [0.5, 0.6) is 5.75 Å². The number of amides is 1. The van der Waals surface area contributed by atoms with Crippen molar-refractivity contribution in [2.45, 2.75) is 30.6 Å². The maximum atomic E-state index is 13.4. The molecule has 0 saturated heterocycles. The van der Waals surface area contributed by atoms with Gasteiger partial charge in [0.2, 0.25) is 0 Å². The van der Waals surface area contributed by atoms with E-state index in [2.05, 4.69) is 5.32 Å². The van der Waals surface area contributed by atoms with Crippen molar-refractivity contribution in [3.8, 4) is 5.75 Å². The summed E-state index contributed by atoms with van der Waals surface area (Å²) in [6.45, 7) is 1.28. The third-order valence-corrected chi connectivity index (χ3v) is 7.44. The van der Waals surface area contributed by atoms with Gasteiger partial charge in [0.05, 0.1) is 22.7 Å². The predicted molar refractivity (Wildman–Crippen MR) is 125 cm³/mol. The number of anilines is 1. The number of fused-ring (bicyclic) bond motifs is 1. The second-order valence-electron chi connectivity index (χ2n) is 7.98. The van der Waals surface area contributed by atoms with Crippen molar-refractivity contribution in [2.24, 2.45) is 0 Å². The largest absolute Gasteiger partial charge is 0.476 e. The molecule has 1 heterocycles. The molecule has 0 aromatic heterocycles. The molecule has 3 aromatic carbocycles. The number of aryl methyl sites for hydroxylation is 1. The van der Waals surface area contributed by atoms with Gasteiger partial charge in [0.15, 0.2) is 6.10 Å². The van der Waals surface area contributed by atoms with Crippen molar-refractivity contribution in [3.63, 3.8) is 0 Å². The molecule has 1 aliphatic heterocycles. The van der Waals surface area contributed by atoms with Crippen molar-refractivity contribution < 1.29 is 31.1 Å². The van der Waals surface area contributed by atoms with Gasteiger partial charge in [0.25, 0.3) is 15.9 Å². The summed E-state index contributed by atoms with van der Waals surface area (Å²) in [5.41, 5.74) is 0.459. The molecule has 0 saturated carbocycles. The molecular weight excluding hydrogens is 505 g/mol. The molecule has 0 bridgehead atoms. The van der Waals surface area contributed by atoms with E-state index in [1.54, 1.807) is 12.1 Å². The topological polar surface area (TPSA) is 75.7 Å². The highest BCUT2D eigenvalue weighted by Gasteiger charge is 2.38. The number of alkyl halides is 3. The Morgan fingerprint density at radius 2 is 1.83 bits per heavy atom. The number of sulfonamides is 1. The lowest BCUT2D eigenvalue weighted by atomic mass is 10.1. The summed E-state index contributed by atoms with van der Waals surface area (Å²) in [6, 6.07) is 15.2. The van der Waals surface area contributed by atoms with Crippen LogP contribution in [-0.4, -0.2) is 27.0 Å². The van der Waals surface area contributed by atoms with Crippen LogP contribution >= 0.6 is 11.6 Å². The summed E-state index contributed by atoms with van der Waals surface area (Å²) >= 11 is 6.08. The first-order chi connectivity index (χ1) is 16.4. The Balaban J connectivity index is 1.59. The van der Waals surface area contributed by atoms with Gasteiger partial charge in [0, 0.05) is 11.6 Å². The highest BCUT2D eigenvalue weighted by Crippen LogP contribution is 2.39. The maximum absolute atomic E-state index is 13.4. The third kappa shape index (κ3) is 5.38. The Kier molecular flexibility index (Phi) is 6.70. The molecule has 3 aromatic rings. The molecule has 0 spiro atoms. The zero-order chi connectivity index (χ0) is 25.4. The molecule has 1 atom stereocenters. The lowest BCUT2D eigenvalue weighted by Gasteiger charge is -2.35. The van der Waals surface area contributed by atoms with Gasteiger partial charge in [-0.1, -0.05) is 41.4 Å². The molecule has 11 heteroatoms. The summed E-state index contributed by atoms with van der Waals surface area (Å²) in [4.78, 5) is 12.9. The smallest absolute Gasteiger partial charge is 0.416 e. The Hall–Kier alpha value is -3.24. The number of carbonyl (C=O) groups is 1. The first kappa shape index (κ1) is 24.9. The number of nitrogens with zero attached hydrogens (tertiary/aromatic N) is 1. The van der Waals surface area contributed by atoms with Crippen molar-refractivity contribution in [1.82, 2.24) is 5.32 Å². The number of hydrogen-bond acceptors (Lipinski definition) is 4. The second kappa shape index (κ2) is 9.43. The van der Waals surface area contributed by atoms with Crippen LogP contribution in [0, 0.1) is 6.92 Å². The molecule has 35 heavy (non-hydrogen) atoms. The van der Waals surface area contributed by atoms with Crippen LogP contribution in [0.4, 0.5) is 18.9 Å². The average molecular weight is 525 g/mol. The molecule has 184 valence electrons. The van der Waals surface area contributed by atoms with Crippen LogP contribution in [0.15, 0.2) is 71.6 Å². The summed E-state index contributed by atoms with van der Waals surface area (Å²) in [7, 11) is -4.07. The molecule has 1 N–H and O–H groups in total. The van der Waals surface area contributed by atoms with Gasteiger partial charge in [-0.15, -0.1) is 0 Å². The number of hydrogen-bond donors (Lipinski definition) is 1. The second-order valence-corrected chi connectivity index (χ2v) is 10.3. The van der Waals surface area contributed by atoms with Crippen LogP contribution < -0.4 is 14.4 Å². The van der Waals surface area contributed by atoms with E-state index in [1.807, 2.05) is 6.92 Å². The van der Waals surface area contributed by atoms with E-state index in [9.17, 15) is 26.4 Å². The summed E-state index contributed by atoms with van der Waals surface area (Å²) < 4.78 is 72.6. The van der Waals surface area contributed by atoms with Crippen molar-refractivity contribution in [2.75, 3.05) is 10.8 Å². The van der Waals surface area contributed by atoms with Gasteiger partial charge >= 0.3 is 6.18 Å². The van der Waals surface area contributed by atoms with E-state index >= 15 is 0 Å². The standard InChI is InChI=1S/C24H20ClF3N2O4S/c1-15-5-8-19(9-6-15)35(32,33)30-14-22(34-21-10-7-18(25)12-20(21)30)23(31)29-13-16-3-2-4-17(11-16)24(26,27)28/h2-12,22H,13-14H2,1H3,(H,29,31)/t22-/m1/s1. The monoisotopic (exact) mass is 524 g/mol. The number of nitrogens with one attached hydrogen (secondary N) is 1. The van der Waals surface area contributed by atoms with Crippen molar-refractivity contribution >= 4 is 33.2 Å². The third-order valence-electron chi connectivity index (χ3n) is 5.41. The molecular formula is C24H20ClF3N2O4S. The molecule has 4 rings (SSSR count). The molecule has 0 fully saturated rings. The minimum atomic E-state index is -4.51. The lowest BCUT2D eigenvalue weighted by Crippen LogP contribution is -2.50. The molecule has 0 aliphatic carbocycles. The zero-order valence-corrected chi connectivity index (χ0v) is 19.9. The molecule has 6 nitrogen and oxygen atoms in total. The minimum Gasteiger partial charge on any atom is -0.476 e. The number of carbonyl (C=O) groups excluding carboxylic acids is 1. The normalized spacial score (nSPS) is 15.8. The Morgan fingerprint density at radius 1 is 1.11 bits per heavy atom. The van der Waals surface area contributed by atoms with Crippen LogP contribution in [0.3, 0.4) is 0 Å². The van der Waals surface area contributed by atoms with Gasteiger partial charge in [-0.25, -0.2) is 8.42 Å². The van der Waals surface area contributed by atoms with Gasteiger partial charge in [-0.3, -0.25) is 9.10 Å². The van der Waals surface area contributed by atoms with Crippen LogP contribution in [-0.2, 0) is 27.5 Å². The maximum Gasteiger partial charge on any atom is 0.416 e. The fraction of sp³-hybridized carbons (Fsp3) is 0.208. The Morgan fingerprint density at radius 3 is 2.51 bits per heavy atom. The first-order valence-electron chi connectivity index (χ1n) is 10.4. The summed E-state index contributed by atoms with van der Waals surface area (Å²) in [5, 5.41) is 2.81. The van der Waals surface area contributed by atoms with Crippen LogP contribution in [0.2, 0.25) is 5.02 Å². The Labute approximate surface area is 205 Å². The zero-order valence-electron chi connectivity index (χ0n) is 18.3. The fourth-order valence-corrected chi connectivity index (χ4v) is 5.22. The minimum absolute atomic E-state index is 0.0269. The molecule has 0 radical (unpaired) electrons. The predicted octanol–water partition coefficient (Wildman–Crippen LogP) is 4.94. The Bertz CT molecular complexity index is 1360. The number of ether oxygens (including phenoxy) is 1. The molecule has 1 amide bonds. The molecule has 0 unspecified atom stereocenters. The van der Waals surface area contributed by atoms with E-state index in [1.165, 1.54) is 42.5 Å². The van der Waals surface area contributed by atoms with Crippen LogP contribution in [0.1, 0.15) is 16.7 Å². The van der Waals surface area contributed by atoms with E-state index < -0.39 is 33.8 Å². The first-order valence-corrected chi connectivity index (χ1v) is 12.3. The van der Waals surface area contributed by atoms with Crippen molar-refractivity contribution in [1.29, 1.82) is 0 Å². The number of rotatable bonds is 5. The van der Waals surface area contributed by atoms with E-state index in [0.29, 0.717) is 0 Å². The molecule has 1 aliphatic rings. The highest BCUT2D eigenvalue weighted by molar-refractivity contribution is 7.92. The fourth-order valence-electron chi connectivity index (χ4n) is 3.59.